The van der Waals surface area contributed by atoms with Crippen LogP contribution in [0.4, 0.5) is 29.5 Å². The molecule has 0 atom stereocenters. The molecule has 1 aromatic heterocycles. The molecule has 0 radical (unpaired) electrons. The van der Waals surface area contributed by atoms with E-state index < -0.39 is 17.8 Å². The summed E-state index contributed by atoms with van der Waals surface area (Å²) in [4.78, 5) is 18.6. The van der Waals surface area contributed by atoms with Crippen molar-refractivity contribution in [3.05, 3.63) is 41.6 Å². The van der Waals surface area contributed by atoms with Gasteiger partial charge in [0.15, 0.2) is 5.82 Å². The van der Waals surface area contributed by atoms with Crippen molar-refractivity contribution in [1.29, 1.82) is 0 Å². The second-order valence-corrected chi connectivity index (χ2v) is 9.17. The van der Waals surface area contributed by atoms with Crippen molar-refractivity contribution >= 4 is 29.5 Å². The van der Waals surface area contributed by atoms with Crippen LogP contribution in [-0.4, -0.2) is 82.3 Å². The smallest absolute Gasteiger partial charge is 0.393 e. The van der Waals surface area contributed by atoms with Crippen LogP contribution in [0.2, 0.25) is 0 Å². The molecule has 8 nitrogen and oxygen atoms in total. The van der Waals surface area contributed by atoms with E-state index in [1.807, 2.05) is 11.2 Å². The normalized spacial score (nSPS) is 18.4. The van der Waals surface area contributed by atoms with Gasteiger partial charge in [-0.15, -0.1) is 5.10 Å². The number of aliphatic hydroxyl groups is 1. The first-order chi connectivity index (χ1) is 16.2. The Labute approximate surface area is 200 Å². The summed E-state index contributed by atoms with van der Waals surface area (Å²) in [6, 6.07) is 5.46. The van der Waals surface area contributed by atoms with Crippen molar-refractivity contribution in [1.82, 2.24) is 19.6 Å². The van der Waals surface area contributed by atoms with Gasteiger partial charge in [0.25, 0.3) is 0 Å². The van der Waals surface area contributed by atoms with E-state index in [0.29, 0.717) is 70.2 Å². The van der Waals surface area contributed by atoms with Gasteiger partial charge >= 0.3 is 12.2 Å². The zero-order valence-electron chi connectivity index (χ0n) is 19.0. The van der Waals surface area contributed by atoms with Crippen LogP contribution in [0.25, 0.3) is 0 Å². The number of carbonyl (C=O) groups is 1. The number of piperazine rings is 1. The minimum Gasteiger partial charge on any atom is -0.393 e. The maximum Gasteiger partial charge on any atom is 0.416 e. The monoisotopic (exact) mass is 498 g/mol. The third-order valence-corrected chi connectivity index (χ3v) is 6.66. The molecule has 2 aromatic rings. The number of nitrogens with zero attached hydrogens (tertiary/aromatic N) is 5. The summed E-state index contributed by atoms with van der Waals surface area (Å²) >= 11 is 1.39. The molecule has 12 heteroatoms. The number of amides is 1. The first-order valence-corrected chi connectivity index (χ1v) is 12.5. The number of anilines is 2. The molecule has 1 aromatic carbocycles. The summed E-state index contributed by atoms with van der Waals surface area (Å²) in [5.41, 5.74) is 0.733. The molecule has 4 rings (SSSR count). The lowest BCUT2D eigenvalue weighted by Crippen LogP contribution is -2.49. The van der Waals surface area contributed by atoms with E-state index in [2.05, 4.69) is 14.7 Å². The van der Waals surface area contributed by atoms with Gasteiger partial charge in [-0.1, -0.05) is 18.0 Å². The Morgan fingerprint density at radius 1 is 1.15 bits per heavy atom. The predicted molar refractivity (Wildman–Crippen MR) is 126 cm³/mol. The number of halogens is 3. The zero-order chi connectivity index (χ0) is 24.3. The van der Waals surface area contributed by atoms with Crippen LogP contribution in [0.15, 0.2) is 30.5 Å². The summed E-state index contributed by atoms with van der Waals surface area (Å²) in [6.45, 7) is 3.79. The second-order valence-electron chi connectivity index (χ2n) is 8.56. The van der Waals surface area contributed by atoms with E-state index in [9.17, 15) is 23.1 Å². The Morgan fingerprint density at radius 2 is 1.85 bits per heavy atom. The van der Waals surface area contributed by atoms with Crippen LogP contribution in [0.3, 0.4) is 0 Å². The standard InChI is InChI=1S/C22H29F3N6O2S/c1-34-27-20-6-9-31(26-20)21(33)30-12-10-28(11-13-30)15-16-2-3-17(22(23,24)25)14-19(16)29-7-4-18(32)5-8-29/h2-3,6,9,14,18,32H,4-5,7-8,10-13,15H2,1H3,(H,26,27). The van der Waals surface area contributed by atoms with Crippen LogP contribution in [0, 0.1) is 0 Å². The lowest BCUT2D eigenvalue weighted by Gasteiger charge is -2.37. The van der Waals surface area contributed by atoms with Gasteiger partial charge in [-0.2, -0.15) is 17.9 Å². The third-order valence-electron chi connectivity index (χ3n) is 6.25. The Morgan fingerprint density at radius 3 is 2.50 bits per heavy atom. The maximum absolute atomic E-state index is 13.4. The number of hydrogen-bond acceptors (Lipinski definition) is 7. The van der Waals surface area contributed by atoms with Crippen molar-refractivity contribution < 1.29 is 23.1 Å². The summed E-state index contributed by atoms with van der Waals surface area (Å²) in [6.07, 6.45) is -0.241. The van der Waals surface area contributed by atoms with Gasteiger partial charge in [0.05, 0.1) is 11.7 Å². The van der Waals surface area contributed by atoms with E-state index in [-0.39, 0.29) is 6.03 Å². The Kier molecular flexibility index (Phi) is 7.58. The number of hydrogen-bond donors (Lipinski definition) is 2. The highest BCUT2D eigenvalue weighted by Crippen LogP contribution is 2.35. The van der Waals surface area contributed by atoms with Crippen molar-refractivity contribution in [3.63, 3.8) is 0 Å². The highest BCUT2D eigenvalue weighted by molar-refractivity contribution is 7.99. The number of carbonyl (C=O) groups excluding carboxylic acids is 1. The molecule has 2 saturated heterocycles. The summed E-state index contributed by atoms with van der Waals surface area (Å²) in [7, 11) is 0. The molecule has 2 aliphatic heterocycles. The fourth-order valence-corrected chi connectivity index (χ4v) is 4.67. The maximum atomic E-state index is 13.4. The van der Waals surface area contributed by atoms with Gasteiger partial charge in [-0.25, -0.2) is 4.79 Å². The molecule has 0 spiro atoms. The van der Waals surface area contributed by atoms with Crippen LogP contribution >= 0.6 is 11.9 Å². The predicted octanol–water partition coefficient (Wildman–Crippen LogP) is 3.34. The fourth-order valence-electron chi connectivity index (χ4n) is 4.35. The van der Waals surface area contributed by atoms with Gasteiger partial charge in [0.2, 0.25) is 0 Å². The Bertz CT molecular complexity index is 985. The number of alkyl halides is 3. The molecule has 2 aliphatic rings. The molecule has 0 bridgehead atoms. The first kappa shape index (κ1) is 24.7. The van der Waals surface area contributed by atoms with Gasteiger partial charge < -0.3 is 19.6 Å². The molecular weight excluding hydrogens is 469 g/mol. The number of benzene rings is 1. The fraction of sp³-hybridized carbons (Fsp3) is 0.545. The average Bonchev–Trinajstić information content (AvgIpc) is 3.28. The minimum absolute atomic E-state index is 0.198. The van der Waals surface area contributed by atoms with E-state index in [0.717, 1.165) is 11.6 Å². The lowest BCUT2D eigenvalue weighted by molar-refractivity contribution is -0.137. The summed E-state index contributed by atoms with van der Waals surface area (Å²) in [5, 5.41) is 14.0. The van der Waals surface area contributed by atoms with Crippen molar-refractivity contribution in [2.75, 3.05) is 55.1 Å². The van der Waals surface area contributed by atoms with Gasteiger partial charge in [0.1, 0.15) is 0 Å². The van der Waals surface area contributed by atoms with Gasteiger partial charge in [-0.05, 0) is 30.5 Å². The number of nitrogens with one attached hydrogen (secondary N) is 1. The van der Waals surface area contributed by atoms with Crippen LogP contribution in [-0.2, 0) is 12.7 Å². The molecular formula is C22H29F3N6O2S. The van der Waals surface area contributed by atoms with E-state index >= 15 is 0 Å². The van der Waals surface area contributed by atoms with Crippen LogP contribution < -0.4 is 9.62 Å². The SMILES string of the molecule is CSNc1ccn(C(=O)N2CCN(Cc3ccc(C(F)(F)F)cc3N3CCC(O)CC3)CC2)n1. The topological polar surface area (TPSA) is 76.9 Å². The minimum atomic E-state index is -4.41. The largest absolute Gasteiger partial charge is 0.416 e. The number of piperidine rings is 1. The van der Waals surface area contributed by atoms with Crippen LogP contribution in [0.1, 0.15) is 24.0 Å². The van der Waals surface area contributed by atoms with E-state index in [1.54, 1.807) is 23.2 Å². The second kappa shape index (κ2) is 10.4. The molecule has 0 unspecified atom stereocenters. The van der Waals surface area contributed by atoms with Crippen molar-refractivity contribution in [2.45, 2.75) is 31.7 Å². The van der Waals surface area contributed by atoms with E-state index in [4.69, 9.17) is 0 Å². The molecule has 186 valence electrons. The Balaban J connectivity index is 1.42. The zero-order valence-corrected chi connectivity index (χ0v) is 19.8. The molecule has 0 saturated carbocycles. The Hall–Kier alpha value is -2.44. The molecule has 0 aliphatic carbocycles. The third kappa shape index (κ3) is 5.78. The van der Waals surface area contributed by atoms with Crippen molar-refractivity contribution in [2.24, 2.45) is 0 Å². The number of aliphatic hydroxyl groups excluding tert-OH is 1. The summed E-state index contributed by atoms with van der Waals surface area (Å²) < 4.78 is 44.4. The quantitative estimate of drug-likeness (QED) is 0.613. The molecule has 2 N–H and O–H groups in total. The number of rotatable bonds is 5. The molecule has 34 heavy (non-hydrogen) atoms. The summed E-state index contributed by atoms with van der Waals surface area (Å²) in [5.74, 6) is 0.611. The van der Waals surface area contributed by atoms with Crippen molar-refractivity contribution in [3.8, 4) is 0 Å². The highest BCUT2D eigenvalue weighted by atomic mass is 32.2. The first-order valence-electron chi connectivity index (χ1n) is 11.2. The highest BCUT2D eigenvalue weighted by Gasteiger charge is 2.32. The molecule has 2 fully saturated rings. The lowest BCUT2D eigenvalue weighted by atomic mass is 10.0. The number of aromatic nitrogens is 2. The molecule has 1 amide bonds. The van der Waals surface area contributed by atoms with Crippen LogP contribution in [0.5, 0.6) is 0 Å². The van der Waals surface area contributed by atoms with Gasteiger partial charge in [-0.3, -0.25) is 4.90 Å². The average molecular weight is 499 g/mol. The molecule has 3 heterocycles. The van der Waals surface area contributed by atoms with E-state index in [1.165, 1.54) is 22.7 Å². The van der Waals surface area contributed by atoms with Gasteiger partial charge in [0, 0.05) is 70.0 Å².